The van der Waals surface area contributed by atoms with E-state index < -0.39 is 29.6 Å². The first-order valence-corrected chi connectivity index (χ1v) is 11.9. The summed E-state index contributed by atoms with van der Waals surface area (Å²) in [7, 11) is 0. The molecule has 6 nitrogen and oxygen atoms in total. The van der Waals surface area contributed by atoms with Crippen LogP contribution in [0.15, 0.2) is 30.6 Å². The fraction of sp³-hybridized carbons (Fsp3) is 0.560. The largest absolute Gasteiger partial charge is 0.481 e. The second kappa shape index (κ2) is 10.9. The second-order valence-corrected chi connectivity index (χ2v) is 9.39. The average molecular weight is 496 g/mol. The van der Waals surface area contributed by atoms with E-state index in [0.717, 1.165) is 44.2 Å². The Bertz CT molecular complexity index is 1010. The second-order valence-electron chi connectivity index (χ2n) is 9.39. The summed E-state index contributed by atoms with van der Waals surface area (Å²) in [5.74, 6) is -0.517. The Morgan fingerprint density at radius 1 is 1.09 bits per heavy atom. The number of carboxylic acids is 1. The minimum Gasteiger partial charge on any atom is -0.481 e. The molecule has 2 aliphatic rings. The van der Waals surface area contributed by atoms with E-state index >= 15 is 4.39 Å². The molecule has 0 unspecified atom stereocenters. The quantitative estimate of drug-likeness (QED) is 0.517. The zero-order chi connectivity index (χ0) is 25.0. The van der Waals surface area contributed by atoms with E-state index in [2.05, 4.69) is 9.97 Å². The molecule has 0 spiro atoms. The molecule has 0 radical (unpaired) electrons. The van der Waals surface area contributed by atoms with Gasteiger partial charge in [0, 0.05) is 13.0 Å². The molecule has 1 N–H and O–H groups in total. The highest BCUT2D eigenvalue weighted by Crippen LogP contribution is 2.36. The predicted molar refractivity (Wildman–Crippen MR) is 120 cm³/mol. The van der Waals surface area contributed by atoms with Gasteiger partial charge in [0.1, 0.15) is 6.33 Å². The van der Waals surface area contributed by atoms with Crippen LogP contribution in [0.25, 0.3) is 0 Å². The molecule has 1 saturated carbocycles. The monoisotopic (exact) mass is 495 g/mol. The van der Waals surface area contributed by atoms with Crippen LogP contribution in [0.1, 0.15) is 61.4 Å². The number of aliphatic carboxylic acids is 1. The number of aromatic nitrogens is 2. The number of halogens is 4. The van der Waals surface area contributed by atoms with Gasteiger partial charge in [-0.1, -0.05) is 25.0 Å². The number of anilines is 1. The molecule has 10 heteroatoms. The third-order valence-corrected chi connectivity index (χ3v) is 7.09. The third-order valence-electron chi connectivity index (χ3n) is 7.09. The maximum atomic E-state index is 15.5. The van der Waals surface area contributed by atoms with Gasteiger partial charge < -0.3 is 14.7 Å². The molecule has 1 saturated heterocycles. The molecular formula is C25H29F4N3O3. The van der Waals surface area contributed by atoms with E-state index in [1.807, 2.05) is 0 Å². The van der Waals surface area contributed by atoms with Gasteiger partial charge in [-0.3, -0.25) is 4.79 Å². The summed E-state index contributed by atoms with van der Waals surface area (Å²) in [6.07, 6.45) is 1.92. The van der Waals surface area contributed by atoms with Crippen LogP contribution >= 0.6 is 0 Å². The first-order chi connectivity index (χ1) is 16.7. The van der Waals surface area contributed by atoms with Gasteiger partial charge in [0.15, 0.2) is 11.6 Å². The Balaban J connectivity index is 1.44. The third kappa shape index (κ3) is 6.28. The van der Waals surface area contributed by atoms with Gasteiger partial charge in [0.2, 0.25) is 0 Å². The smallest absolute Gasteiger partial charge is 0.416 e. The van der Waals surface area contributed by atoms with Gasteiger partial charge in [-0.25, -0.2) is 14.4 Å². The zero-order valence-electron chi connectivity index (χ0n) is 19.3. The van der Waals surface area contributed by atoms with Gasteiger partial charge in [-0.15, -0.1) is 0 Å². The summed E-state index contributed by atoms with van der Waals surface area (Å²) < 4.78 is 59.9. The summed E-state index contributed by atoms with van der Waals surface area (Å²) in [4.78, 5) is 21.0. The van der Waals surface area contributed by atoms with Crippen LogP contribution in [-0.4, -0.2) is 40.8 Å². The Morgan fingerprint density at radius 2 is 1.77 bits per heavy atom. The van der Waals surface area contributed by atoms with Crippen LogP contribution in [0.3, 0.4) is 0 Å². The summed E-state index contributed by atoms with van der Waals surface area (Å²) in [6, 6.07) is 4.38. The molecule has 2 heterocycles. The van der Waals surface area contributed by atoms with Gasteiger partial charge in [0.05, 0.1) is 30.5 Å². The number of hydrogen-bond acceptors (Lipinski definition) is 5. The SMILES string of the molecule is O=C(O)CC1CCC(CCc2ncnc(N3CCOC[C@@H]3c3ccc(C(F)(F)F)cc3)c2F)CC1. The Kier molecular flexibility index (Phi) is 7.88. The van der Waals surface area contributed by atoms with Gasteiger partial charge in [-0.2, -0.15) is 13.2 Å². The maximum absolute atomic E-state index is 15.5. The number of rotatable bonds is 7. The van der Waals surface area contributed by atoms with Crippen molar-refractivity contribution in [3.8, 4) is 0 Å². The number of hydrogen-bond donors (Lipinski definition) is 1. The first-order valence-electron chi connectivity index (χ1n) is 11.9. The number of morpholine rings is 1. The Labute approximate surface area is 201 Å². The topological polar surface area (TPSA) is 75.5 Å². The number of carboxylic acid groups (broad SMARTS) is 1. The maximum Gasteiger partial charge on any atom is 0.416 e. The van der Waals surface area contributed by atoms with Crippen molar-refractivity contribution in [2.45, 2.75) is 57.2 Å². The molecule has 1 aliphatic carbocycles. The van der Waals surface area contributed by atoms with E-state index in [4.69, 9.17) is 9.84 Å². The van der Waals surface area contributed by atoms with Crippen LogP contribution in [0.4, 0.5) is 23.4 Å². The minimum atomic E-state index is -4.43. The minimum absolute atomic E-state index is 0.133. The van der Waals surface area contributed by atoms with Crippen molar-refractivity contribution in [3.63, 3.8) is 0 Å². The molecule has 1 aromatic carbocycles. The standard InChI is InChI=1S/C25H29F4N3O3/c26-23-20(10-5-16-1-3-17(4-2-16)13-22(33)34)30-15-31-24(23)32-11-12-35-14-21(32)18-6-8-19(9-7-18)25(27,28)29/h6-9,15-17,21H,1-5,10-14H2,(H,33,34)/t16?,17?,21-/m1/s1. The molecule has 2 fully saturated rings. The number of benzene rings is 1. The first kappa shape index (κ1) is 25.3. The van der Waals surface area contributed by atoms with Gasteiger partial charge in [0.25, 0.3) is 0 Å². The summed E-state index contributed by atoms with van der Waals surface area (Å²) in [5.41, 5.74) is 0.174. The van der Waals surface area contributed by atoms with Crippen LogP contribution < -0.4 is 4.90 Å². The number of nitrogens with zero attached hydrogens (tertiary/aromatic N) is 3. The molecule has 1 atom stereocenters. The fourth-order valence-electron chi connectivity index (χ4n) is 5.11. The molecule has 1 aliphatic heterocycles. The van der Waals surface area contributed by atoms with Gasteiger partial charge >= 0.3 is 12.1 Å². The Morgan fingerprint density at radius 3 is 2.43 bits per heavy atom. The molecule has 190 valence electrons. The van der Waals surface area contributed by atoms with E-state index in [9.17, 15) is 18.0 Å². The van der Waals surface area contributed by atoms with E-state index in [-0.39, 0.29) is 24.8 Å². The summed E-state index contributed by atoms with van der Waals surface area (Å²) in [6.45, 7) is 0.922. The number of alkyl halides is 3. The lowest BCUT2D eigenvalue weighted by Crippen LogP contribution is -2.40. The highest BCUT2D eigenvalue weighted by atomic mass is 19.4. The normalized spacial score (nSPS) is 23.3. The lowest BCUT2D eigenvalue weighted by atomic mass is 9.78. The molecule has 35 heavy (non-hydrogen) atoms. The molecule has 0 bridgehead atoms. The Hall–Kier alpha value is -2.75. The number of carbonyl (C=O) groups is 1. The molecular weight excluding hydrogens is 466 g/mol. The molecule has 4 rings (SSSR count). The zero-order valence-corrected chi connectivity index (χ0v) is 19.3. The summed E-state index contributed by atoms with van der Waals surface area (Å²) in [5, 5.41) is 8.97. The van der Waals surface area contributed by atoms with Crippen molar-refractivity contribution < 1.29 is 32.2 Å². The number of aryl methyl sites for hydroxylation is 1. The van der Waals surface area contributed by atoms with E-state index in [1.165, 1.54) is 18.5 Å². The molecule has 2 aromatic rings. The van der Waals surface area contributed by atoms with Crippen molar-refractivity contribution in [1.82, 2.24) is 9.97 Å². The molecule has 0 amide bonds. The van der Waals surface area contributed by atoms with Crippen LogP contribution in [0.5, 0.6) is 0 Å². The van der Waals surface area contributed by atoms with Crippen LogP contribution in [0, 0.1) is 17.7 Å². The lowest BCUT2D eigenvalue weighted by Gasteiger charge is -2.37. The van der Waals surface area contributed by atoms with Crippen molar-refractivity contribution >= 4 is 11.8 Å². The average Bonchev–Trinajstić information content (AvgIpc) is 2.84. The van der Waals surface area contributed by atoms with Gasteiger partial charge in [-0.05, 0) is 55.2 Å². The van der Waals surface area contributed by atoms with Crippen LogP contribution in [-0.2, 0) is 22.1 Å². The van der Waals surface area contributed by atoms with Crippen molar-refractivity contribution in [2.24, 2.45) is 11.8 Å². The van der Waals surface area contributed by atoms with Crippen LogP contribution in [0.2, 0.25) is 0 Å². The lowest BCUT2D eigenvalue weighted by molar-refractivity contribution is -0.139. The van der Waals surface area contributed by atoms with E-state index in [0.29, 0.717) is 36.7 Å². The van der Waals surface area contributed by atoms with E-state index in [1.54, 1.807) is 4.90 Å². The fourth-order valence-corrected chi connectivity index (χ4v) is 5.11. The summed E-state index contributed by atoms with van der Waals surface area (Å²) >= 11 is 0. The van der Waals surface area contributed by atoms with Crippen molar-refractivity contribution in [1.29, 1.82) is 0 Å². The van der Waals surface area contributed by atoms with Crippen molar-refractivity contribution in [2.75, 3.05) is 24.7 Å². The molecule has 1 aromatic heterocycles. The highest BCUT2D eigenvalue weighted by Gasteiger charge is 2.33. The highest BCUT2D eigenvalue weighted by molar-refractivity contribution is 5.67. The predicted octanol–water partition coefficient (Wildman–Crippen LogP) is 5.43. The van der Waals surface area contributed by atoms with Crippen molar-refractivity contribution in [3.05, 3.63) is 53.2 Å². The number of ether oxygens (including phenoxy) is 1.